The molecule has 1 saturated carbocycles. The average molecular weight is 298 g/mol. The monoisotopic (exact) mass is 298 g/mol. The zero-order valence-electron chi connectivity index (χ0n) is 13.8. The van der Waals surface area contributed by atoms with E-state index in [1.54, 1.807) is 11.9 Å². The maximum atomic E-state index is 12.5. The van der Waals surface area contributed by atoms with Gasteiger partial charge in [0, 0.05) is 19.5 Å². The van der Waals surface area contributed by atoms with Crippen LogP contribution in [-0.2, 0) is 9.59 Å². The van der Waals surface area contributed by atoms with E-state index in [0.717, 1.165) is 32.1 Å². The van der Waals surface area contributed by atoms with Crippen molar-refractivity contribution in [2.24, 2.45) is 11.1 Å². The van der Waals surface area contributed by atoms with Gasteiger partial charge in [-0.15, -0.1) is 0 Å². The summed E-state index contributed by atoms with van der Waals surface area (Å²) in [5, 5.41) is 9.21. The molecule has 1 aliphatic carbocycles. The van der Waals surface area contributed by atoms with E-state index in [1.807, 2.05) is 20.8 Å². The van der Waals surface area contributed by atoms with Gasteiger partial charge in [0.15, 0.2) is 0 Å². The fourth-order valence-electron chi connectivity index (χ4n) is 3.02. The summed E-state index contributed by atoms with van der Waals surface area (Å²) in [6.07, 6.45) is 4.91. The van der Waals surface area contributed by atoms with E-state index in [2.05, 4.69) is 0 Å². The van der Waals surface area contributed by atoms with E-state index in [1.165, 1.54) is 0 Å². The highest BCUT2D eigenvalue weighted by Gasteiger charge is 2.41. The molecule has 1 aliphatic rings. The molecule has 0 aromatic carbocycles. The summed E-state index contributed by atoms with van der Waals surface area (Å²) in [4.78, 5) is 25.4. The second-order valence-corrected chi connectivity index (χ2v) is 7.48. The number of amides is 1. The highest BCUT2D eigenvalue weighted by molar-refractivity contribution is 5.79. The second-order valence-electron chi connectivity index (χ2n) is 7.48. The van der Waals surface area contributed by atoms with Gasteiger partial charge < -0.3 is 15.7 Å². The lowest BCUT2D eigenvalue weighted by molar-refractivity contribution is -0.146. The Morgan fingerprint density at radius 2 is 1.76 bits per heavy atom. The first kappa shape index (κ1) is 18.0. The Kier molecular flexibility index (Phi) is 5.79. The highest BCUT2D eigenvalue weighted by atomic mass is 16.4. The highest BCUT2D eigenvalue weighted by Crippen LogP contribution is 2.36. The van der Waals surface area contributed by atoms with Crippen LogP contribution in [-0.4, -0.2) is 40.5 Å². The minimum Gasteiger partial charge on any atom is -0.481 e. The molecule has 0 radical (unpaired) electrons. The van der Waals surface area contributed by atoms with Crippen LogP contribution in [0.5, 0.6) is 0 Å². The van der Waals surface area contributed by atoms with Crippen molar-refractivity contribution in [3.8, 4) is 0 Å². The summed E-state index contributed by atoms with van der Waals surface area (Å²) in [6, 6.07) is -0.224. The number of nitrogens with two attached hydrogens (primary N) is 1. The van der Waals surface area contributed by atoms with Crippen LogP contribution >= 0.6 is 0 Å². The largest absolute Gasteiger partial charge is 0.481 e. The van der Waals surface area contributed by atoms with Crippen molar-refractivity contribution >= 4 is 11.9 Å². The Bertz CT molecular complexity index is 381. The third-order valence-corrected chi connectivity index (χ3v) is 4.86. The third-order valence-electron chi connectivity index (χ3n) is 4.86. The first-order valence-electron chi connectivity index (χ1n) is 7.82. The summed E-state index contributed by atoms with van der Waals surface area (Å²) in [5.41, 5.74) is 5.43. The van der Waals surface area contributed by atoms with Gasteiger partial charge in [-0.05, 0) is 18.3 Å². The van der Waals surface area contributed by atoms with E-state index >= 15 is 0 Å². The molecule has 3 N–H and O–H groups in total. The molecule has 1 fully saturated rings. The Labute approximate surface area is 127 Å². The van der Waals surface area contributed by atoms with Crippen molar-refractivity contribution in [1.82, 2.24) is 4.90 Å². The molecule has 21 heavy (non-hydrogen) atoms. The molecule has 0 aromatic rings. The summed E-state index contributed by atoms with van der Waals surface area (Å²) < 4.78 is 0. The first-order valence-corrected chi connectivity index (χ1v) is 7.82. The zero-order chi connectivity index (χ0) is 16.3. The van der Waals surface area contributed by atoms with Crippen molar-refractivity contribution in [2.45, 2.75) is 77.3 Å². The Balaban J connectivity index is 2.82. The molecule has 0 saturated heterocycles. The fourth-order valence-corrected chi connectivity index (χ4v) is 3.02. The van der Waals surface area contributed by atoms with E-state index < -0.39 is 11.5 Å². The van der Waals surface area contributed by atoms with E-state index in [-0.39, 0.29) is 30.2 Å². The molecule has 0 aliphatic heterocycles. The van der Waals surface area contributed by atoms with Crippen molar-refractivity contribution in [1.29, 1.82) is 0 Å². The van der Waals surface area contributed by atoms with Crippen LogP contribution in [0.25, 0.3) is 0 Å². The minimum absolute atomic E-state index is 0.0278. The second kappa shape index (κ2) is 6.77. The van der Waals surface area contributed by atoms with Crippen molar-refractivity contribution in [2.75, 3.05) is 7.05 Å². The topological polar surface area (TPSA) is 83.6 Å². The maximum Gasteiger partial charge on any atom is 0.305 e. The van der Waals surface area contributed by atoms with Gasteiger partial charge in [-0.1, -0.05) is 40.0 Å². The summed E-state index contributed by atoms with van der Waals surface area (Å²) in [6.45, 7) is 6.04. The zero-order valence-corrected chi connectivity index (χ0v) is 13.8. The number of aliphatic carboxylic acids is 1. The lowest BCUT2D eigenvalue weighted by Gasteiger charge is -2.44. The van der Waals surface area contributed by atoms with Crippen molar-refractivity contribution in [3.63, 3.8) is 0 Å². The average Bonchev–Trinajstić information content (AvgIpc) is 2.36. The Morgan fingerprint density at radius 3 is 2.19 bits per heavy atom. The first-order chi connectivity index (χ1) is 9.58. The molecule has 0 aromatic heterocycles. The van der Waals surface area contributed by atoms with Gasteiger partial charge in [-0.3, -0.25) is 9.59 Å². The van der Waals surface area contributed by atoms with Crippen LogP contribution in [0.4, 0.5) is 0 Å². The maximum absolute atomic E-state index is 12.5. The molecule has 5 nitrogen and oxygen atoms in total. The molecule has 0 bridgehead atoms. The molecule has 122 valence electrons. The van der Waals surface area contributed by atoms with Gasteiger partial charge in [-0.25, -0.2) is 0 Å². The number of carboxylic acids is 1. The van der Waals surface area contributed by atoms with Gasteiger partial charge >= 0.3 is 5.97 Å². The number of rotatable bonds is 5. The molecular formula is C16H30N2O3. The number of carbonyl (C=O) groups excluding carboxylic acids is 1. The molecule has 1 atom stereocenters. The normalized spacial score (nSPS) is 19.9. The molecule has 0 spiro atoms. The van der Waals surface area contributed by atoms with Crippen LogP contribution in [0.3, 0.4) is 0 Å². The van der Waals surface area contributed by atoms with E-state index in [9.17, 15) is 14.7 Å². The smallest absolute Gasteiger partial charge is 0.305 e. The summed E-state index contributed by atoms with van der Waals surface area (Å²) in [5.74, 6) is -0.878. The number of carbonyl (C=O) groups is 2. The molecule has 5 heteroatoms. The van der Waals surface area contributed by atoms with Crippen LogP contribution in [0, 0.1) is 5.41 Å². The van der Waals surface area contributed by atoms with Gasteiger partial charge in [0.25, 0.3) is 0 Å². The molecule has 1 unspecified atom stereocenters. The molecule has 0 heterocycles. The SMILES string of the molecule is CN(C(=O)CC(N)C(C)(C)C)C1(CC(=O)O)CCCCC1. The molecule has 1 rings (SSSR count). The lowest BCUT2D eigenvalue weighted by Crippen LogP contribution is -2.53. The summed E-state index contributed by atoms with van der Waals surface area (Å²) >= 11 is 0. The van der Waals surface area contributed by atoms with Gasteiger partial charge in [-0.2, -0.15) is 0 Å². The Morgan fingerprint density at radius 1 is 1.24 bits per heavy atom. The minimum atomic E-state index is -0.836. The number of hydrogen-bond donors (Lipinski definition) is 2. The van der Waals surface area contributed by atoms with Crippen LogP contribution in [0.1, 0.15) is 65.7 Å². The number of nitrogens with zero attached hydrogens (tertiary/aromatic N) is 1. The van der Waals surface area contributed by atoms with E-state index in [4.69, 9.17) is 5.73 Å². The standard InChI is InChI=1S/C16H30N2O3/c1-15(2,3)12(17)10-13(19)18(4)16(11-14(20)21)8-6-5-7-9-16/h12H,5-11,17H2,1-4H3,(H,20,21). The van der Waals surface area contributed by atoms with Gasteiger partial charge in [0.2, 0.25) is 5.91 Å². The molecular weight excluding hydrogens is 268 g/mol. The van der Waals surface area contributed by atoms with Crippen LogP contribution in [0.2, 0.25) is 0 Å². The van der Waals surface area contributed by atoms with Crippen molar-refractivity contribution < 1.29 is 14.7 Å². The predicted molar refractivity (Wildman–Crippen MR) is 82.9 cm³/mol. The van der Waals surface area contributed by atoms with Gasteiger partial charge in [0.05, 0.1) is 12.0 Å². The van der Waals surface area contributed by atoms with Crippen LogP contribution in [0.15, 0.2) is 0 Å². The number of carboxylic acid groups (broad SMARTS) is 1. The fraction of sp³-hybridized carbons (Fsp3) is 0.875. The lowest BCUT2D eigenvalue weighted by atomic mass is 9.77. The summed E-state index contributed by atoms with van der Waals surface area (Å²) in [7, 11) is 1.74. The number of hydrogen-bond acceptors (Lipinski definition) is 3. The quantitative estimate of drug-likeness (QED) is 0.816. The Hall–Kier alpha value is -1.10. The predicted octanol–water partition coefficient (Wildman–Crippen LogP) is 2.39. The molecule has 1 amide bonds. The van der Waals surface area contributed by atoms with Crippen LogP contribution < -0.4 is 5.73 Å². The van der Waals surface area contributed by atoms with Crippen molar-refractivity contribution in [3.05, 3.63) is 0 Å². The van der Waals surface area contributed by atoms with Gasteiger partial charge in [0.1, 0.15) is 0 Å². The third kappa shape index (κ3) is 4.70. The van der Waals surface area contributed by atoms with E-state index in [0.29, 0.717) is 0 Å².